The highest BCUT2D eigenvalue weighted by Gasteiger charge is 2.30. The lowest BCUT2D eigenvalue weighted by Crippen LogP contribution is -2.28. The number of hydrogen-bond donors (Lipinski definition) is 3. The van der Waals surface area contributed by atoms with E-state index in [0.29, 0.717) is 19.4 Å². The van der Waals surface area contributed by atoms with Gasteiger partial charge in [-0.15, -0.1) is 0 Å². The van der Waals surface area contributed by atoms with Crippen LogP contribution < -0.4 is 21.2 Å². The second-order valence-electron chi connectivity index (χ2n) is 7.56. The number of nitrogen functional groups attached to an aromatic ring is 1. The van der Waals surface area contributed by atoms with Gasteiger partial charge in [-0.2, -0.15) is 0 Å². The van der Waals surface area contributed by atoms with Crippen LogP contribution >= 0.6 is 0 Å². The molecule has 0 fully saturated rings. The van der Waals surface area contributed by atoms with Gasteiger partial charge in [0.05, 0.1) is 22.6 Å². The number of hydrogen-bond acceptors (Lipinski definition) is 5. The van der Waals surface area contributed by atoms with E-state index in [0.717, 1.165) is 5.56 Å². The Balaban J connectivity index is 1.71. The molecule has 0 spiro atoms. The van der Waals surface area contributed by atoms with Crippen LogP contribution in [0.3, 0.4) is 0 Å². The maximum atomic E-state index is 15.1. The van der Waals surface area contributed by atoms with E-state index in [1.165, 1.54) is 18.3 Å². The molecule has 0 aliphatic carbocycles. The van der Waals surface area contributed by atoms with Crippen LogP contribution in [0.15, 0.2) is 35.3 Å². The normalized spacial score (nSPS) is 15.0. The predicted octanol–water partition coefficient (Wildman–Crippen LogP) is 3.56. The van der Waals surface area contributed by atoms with Crippen molar-refractivity contribution in [3.63, 3.8) is 0 Å². The topological polar surface area (TPSA) is 107 Å². The number of carboxylic acid groups (broad SMARTS) is 1. The maximum absolute atomic E-state index is 15.1. The quantitative estimate of drug-likeness (QED) is 0.409. The number of nitrogens with zero attached hydrogens (tertiary/aromatic N) is 1. The fourth-order valence-corrected chi connectivity index (χ4v) is 3.82. The van der Waals surface area contributed by atoms with Crippen molar-refractivity contribution < 1.29 is 23.4 Å². The molecular formula is C22H21F2N3O4. The number of nitrogens with two attached hydrogens (primary N) is 1. The molecule has 4 rings (SSSR count). The Labute approximate surface area is 176 Å². The van der Waals surface area contributed by atoms with Gasteiger partial charge in [-0.1, -0.05) is 12.1 Å². The number of rotatable bonds is 6. The first kappa shape index (κ1) is 20.6. The van der Waals surface area contributed by atoms with Gasteiger partial charge in [0.1, 0.15) is 23.7 Å². The molecule has 2 aromatic carbocycles. The Morgan fingerprint density at radius 3 is 2.71 bits per heavy atom. The Morgan fingerprint density at radius 2 is 2.03 bits per heavy atom. The first-order chi connectivity index (χ1) is 14.8. The highest BCUT2D eigenvalue weighted by molar-refractivity contribution is 6.03. The summed E-state index contributed by atoms with van der Waals surface area (Å²) in [7, 11) is 0. The Kier molecular flexibility index (Phi) is 5.26. The highest BCUT2D eigenvalue weighted by atomic mass is 19.1. The predicted molar refractivity (Wildman–Crippen MR) is 113 cm³/mol. The lowest BCUT2D eigenvalue weighted by atomic mass is 10.0. The number of aryl methyl sites for hydroxylation is 1. The molecule has 0 bridgehead atoms. The van der Waals surface area contributed by atoms with E-state index in [-0.39, 0.29) is 40.8 Å². The first-order valence-electron chi connectivity index (χ1n) is 9.83. The maximum Gasteiger partial charge on any atom is 0.341 e. The van der Waals surface area contributed by atoms with Crippen LogP contribution in [0.25, 0.3) is 10.9 Å². The van der Waals surface area contributed by atoms with Crippen LogP contribution in [0.2, 0.25) is 0 Å². The van der Waals surface area contributed by atoms with Crippen molar-refractivity contribution in [2.75, 3.05) is 24.2 Å². The van der Waals surface area contributed by atoms with Crippen molar-refractivity contribution in [1.29, 1.82) is 0 Å². The number of aromatic nitrogens is 1. The summed E-state index contributed by atoms with van der Waals surface area (Å²) in [5.41, 5.74) is 5.46. The van der Waals surface area contributed by atoms with E-state index in [2.05, 4.69) is 5.32 Å². The Bertz CT molecular complexity index is 1240. The van der Waals surface area contributed by atoms with Crippen molar-refractivity contribution in [3.8, 4) is 5.75 Å². The average Bonchev–Trinajstić information content (AvgIpc) is 2.74. The summed E-state index contributed by atoms with van der Waals surface area (Å²) >= 11 is 0. The fourth-order valence-electron chi connectivity index (χ4n) is 3.82. The van der Waals surface area contributed by atoms with E-state index in [9.17, 15) is 19.1 Å². The minimum absolute atomic E-state index is 0.0345. The number of carbonyl (C=O) groups is 1. The summed E-state index contributed by atoms with van der Waals surface area (Å²) < 4.78 is 35.5. The minimum atomic E-state index is -1.40. The lowest BCUT2D eigenvalue weighted by molar-refractivity contribution is 0.0694. The third kappa shape index (κ3) is 3.56. The Hall–Kier alpha value is -3.62. The molecule has 2 heterocycles. The van der Waals surface area contributed by atoms with Crippen molar-refractivity contribution in [1.82, 2.24) is 4.57 Å². The molecule has 1 atom stereocenters. The number of aromatic carboxylic acids is 1. The largest absolute Gasteiger partial charge is 0.487 e. The first-order valence-corrected chi connectivity index (χ1v) is 9.83. The second-order valence-corrected chi connectivity index (χ2v) is 7.56. The van der Waals surface area contributed by atoms with Crippen LogP contribution in [0, 0.1) is 11.6 Å². The molecule has 162 valence electrons. The smallest absolute Gasteiger partial charge is 0.341 e. The van der Waals surface area contributed by atoms with Gasteiger partial charge in [-0.3, -0.25) is 4.79 Å². The van der Waals surface area contributed by atoms with Crippen molar-refractivity contribution >= 4 is 28.2 Å². The zero-order valence-electron chi connectivity index (χ0n) is 16.7. The molecule has 9 heteroatoms. The standard InChI is InChI=1S/C22H21F2N3O4/c1-11-10-31-21-18(26-8-2-3-12-4-6-13(23)7-5-12)16(24)17(25)15-19(21)27(11)9-14(20(15)28)22(29)30/h4-7,9,11,26H,2-3,8,10,25H2,1H3,(H,29,30). The highest BCUT2D eigenvalue weighted by Crippen LogP contribution is 2.43. The molecule has 1 aliphatic heterocycles. The van der Waals surface area contributed by atoms with Crippen molar-refractivity contribution in [2.24, 2.45) is 0 Å². The third-order valence-corrected chi connectivity index (χ3v) is 5.43. The SMILES string of the molecule is CC1COc2c(NCCCc3ccc(F)cc3)c(F)c(N)c3c(=O)c(C(=O)O)cn1c23. The Morgan fingerprint density at radius 1 is 1.32 bits per heavy atom. The number of ether oxygens (including phenoxy) is 1. The molecule has 3 aromatic rings. The molecule has 4 N–H and O–H groups in total. The summed E-state index contributed by atoms with van der Waals surface area (Å²) in [5, 5.41) is 12.2. The van der Waals surface area contributed by atoms with Gasteiger partial charge in [-0.05, 0) is 37.5 Å². The number of anilines is 2. The summed E-state index contributed by atoms with van der Waals surface area (Å²) in [4.78, 5) is 24.2. The summed E-state index contributed by atoms with van der Waals surface area (Å²) in [6, 6.07) is 5.88. The number of halogens is 2. The van der Waals surface area contributed by atoms with E-state index in [1.54, 1.807) is 23.6 Å². The summed E-state index contributed by atoms with van der Waals surface area (Å²) in [6.07, 6.45) is 2.53. The van der Waals surface area contributed by atoms with Gasteiger partial charge in [0.2, 0.25) is 5.43 Å². The van der Waals surface area contributed by atoms with Crippen LogP contribution in [-0.4, -0.2) is 28.8 Å². The van der Waals surface area contributed by atoms with Gasteiger partial charge in [0, 0.05) is 12.7 Å². The van der Waals surface area contributed by atoms with E-state index < -0.39 is 28.5 Å². The molecule has 0 radical (unpaired) electrons. The van der Waals surface area contributed by atoms with E-state index >= 15 is 4.39 Å². The number of pyridine rings is 1. The molecule has 1 aliphatic rings. The molecule has 0 saturated heterocycles. The van der Waals surface area contributed by atoms with Gasteiger partial charge in [-0.25, -0.2) is 13.6 Å². The molecule has 1 unspecified atom stereocenters. The van der Waals surface area contributed by atoms with Crippen LogP contribution in [0.1, 0.15) is 35.3 Å². The molecule has 31 heavy (non-hydrogen) atoms. The molecule has 7 nitrogen and oxygen atoms in total. The molecule has 1 aromatic heterocycles. The molecule has 0 saturated carbocycles. The van der Waals surface area contributed by atoms with E-state index in [1.807, 2.05) is 0 Å². The zero-order valence-corrected chi connectivity index (χ0v) is 16.7. The number of benzene rings is 2. The monoisotopic (exact) mass is 429 g/mol. The summed E-state index contributed by atoms with van der Waals surface area (Å²) in [6.45, 7) is 2.36. The molecular weight excluding hydrogens is 408 g/mol. The zero-order chi connectivity index (χ0) is 22.3. The number of carboxylic acids is 1. The molecule has 0 amide bonds. The van der Waals surface area contributed by atoms with Crippen molar-refractivity contribution in [2.45, 2.75) is 25.8 Å². The number of nitrogens with one attached hydrogen (secondary N) is 1. The van der Waals surface area contributed by atoms with Gasteiger partial charge in [0.25, 0.3) is 0 Å². The van der Waals surface area contributed by atoms with Crippen LogP contribution in [0.5, 0.6) is 5.75 Å². The summed E-state index contributed by atoms with van der Waals surface area (Å²) in [5.74, 6) is -2.43. The van der Waals surface area contributed by atoms with E-state index in [4.69, 9.17) is 10.5 Å². The lowest BCUT2D eigenvalue weighted by Gasteiger charge is -2.29. The fraction of sp³-hybridized carbons (Fsp3) is 0.273. The van der Waals surface area contributed by atoms with Crippen molar-refractivity contribution in [3.05, 3.63) is 63.4 Å². The van der Waals surface area contributed by atoms with Gasteiger partial charge >= 0.3 is 5.97 Å². The van der Waals surface area contributed by atoms with Crippen LogP contribution in [0.4, 0.5) is 20.2 Å². The third-order valence-electron chi connectivity index (χ3n) is 5.43. The second kappa shape index (κ2) is 7.90. The average molecular weight is 429 g/mol. The van der Waals surface area contributed by atoms with Gasteiger partial charge in [0.15, 0.2) is 11.6 Å². The van der Waals surface area contributed by atoms with Crippen LogP contribution in [-0.2, 0) is 6.42 Å². The van der Waals surface area contributed by atoms with Gasteiger partial charge < -0.3 is 25.5 Å². The minimum Gasteiger partial charge on any atom is -0.487 e.